The Labute approximate surface area is 179 Å². The summed E-state index contributed by atoms with van der Waals surface area (Å²) in [5.41, 5.74) is 1.13. The first-order valence-electron chi connectivity index (χ1n) is 10.0. The molecule has 2 aromatic rings. The molecule has 1 N–H and O–H groups in total. The van der Waals surface area contributed by atoms with E-state index in [-0.39, 0.29) is 22.9 Å². The number of nitrogens with one attached hydrogen (secondary N) is 1. The number of sulfonamides is 1. The Hall–Kier alpha value is -2.58. The lowest BCUT2D eigenvalue weighted by Crippen LogP contribution is -2.31. The van der Waals surface area contributed by atoms with Gasteiger partial charge in [-0.15, -0.1) is 0 Å². The number of benzene rings is 2. The standard InChI is InChI=1S/C22H30N2O5S/c1-5-13-29-20-12-11-17(14-21(20)28-4)16-23-22(25)18-9-8-10-19(15-18)30(26,27)24(6-2)7-3/h8-12,14-15H,5-7,13,16H2,1-4H3,(H,23,25). The van der Waals surface area contributed by atoms with Crippen molar-refractivity contribution in [1.29, 1.82) is 0 Å². The number of methoxy groups -OCH3 is 1. The third-order valence-electron chi connectivity index (χ3n) is 4.58. The number of carbonyl (C=O) groups excluding carboxylic acids is 1. The second-order valence-electron chi connectivity index (χ2n) is 6.63. The average Bonchev–Trinajstić information content (AvgIpc) is 2.76. The highest BCUT2D eigenvalue weighted by molar-refractivity contribution is 7.89. The molecule has 0 aliphatic carbocycles. The molecule has 0 aliphatic rings. The summed E-state index contributed by atoms with van der Waals surface area (Å²) in [6.07, 6.45) is 0.893. The number of hydrogen-bond donors (Lipinski definition) is 1. The fourth-order valence-corrected chi connectivity index (χ4v) is 4.45. The molecule has 2 rings (SSSR count). The first kappa shape index (κ1) is 23.7. The third-order valence-corrected chi connectivity index (χ3v) is 6.63. The second kappa shape index (κ2) is 11.0. The SMILES string of the molecule is CCCOc1ccc(CNC(=O)c2cccc(S(=O)(=O)N(CC)CC)c2)cc1OC. The summed E-state index contributed by atoms with van der Waals surface area (Å²) in [5.74, 6) is 0.906. The van der Waals surface area contributed by atoms with Crippen LogP contribution in [0.4, 0.5) is 0 Å². The molecule has 1 amide bonds. The van der Waals surface area contributed by atoms with E-state index in [1.54, 1.807) is 33.1 Å². The quantitative estimate of drug-likeness (QED) is 0.586. The van der Waals surface area contributed by atoms with Gasteiger partial charge in [0.25, 0.3) is 5.91 Å². The molecule has 0 heterocycles. The minimum atomic E-state index is -3.62. The predicted octanol–water partition coefficient (Wildman–Crippen LogP) is 3.44. The van der Waals surface area contributed by atoms with Crippen LogP contribution < -0.4 is 14.8 Å². The Morgan fingerprint density at radius 3 is 2.40 bits per heavy atom. The van der Waals surface area contributed by atoms with Crippen LogP contribution in [0.3, 0.4) is 0 Å². The molecule has 0 aliphatic heterocycles. The molecular formula is C22H30N2O5S. The molecule has 0 radical (unpaired) electrons. The van der Waals surface area contributed by atoms with E-state index in [2.05, 4.69) is 5.32 Å². The van der Waals surface area contributed by atoms with Crippen LogP contribution in [-0.2, 0) is 16.6 Å². The van der Waals surface area contributed by atoms with Crippen LogP contribution in [0, 0.1) is 0 Å². The largest absolute Gasteiger partial charge is 0.493 e. The van der Waals surface area contributed by atoms with Crippen molar-refractivity contribution in [2.24, 2.45) is 0 Å². The molecule has 30 heavy (non-hydrogen) atoms. The fourth-order valence-electron chi connectivity index (χ4n) is 2.95. The van der Waals surface area contributed by atoms with Crippen molar-refractivity contribution in [3.8, 4) is 11.5 Å². The zero-order chi connectivity index (χ0) is 22.1. The molecule has 0 atom stereocenters. The van der Waals surface area contributed by atoms with Crippen molar-refractivity contribution in [2.75, 3.05) is 26.8 Å². The molecule has 0 aromatic heterocycles. The summed E-state index contributed by atoms with van der Waals surface area (Å²) < 4.78 is 37.7. The molecule has 2 aromatic carbocycles. The maximum absolute atomic E-state index is 12.7. The topological polar surface area (TPSA) is 84.9 Å². The van der Waals surface area contributed by atoms with E-state index in [1.165, 1.54) is 16.4 Å². The van der Waals surface area contributed by atoms with Gasteiger partial charge in [-0.25, -0.2) is 8.42 Å². The lowest BCUT2D eigenvalue weighted by molar-refractivity contribution is 0.0950. The van der Waals surface area contributed by atoms with E-state index in [0.717, 1.165) is 12.0 Å². The van der Waals surface area contributed by atoms with Gasteiger partial charge in [0.15, 0.2) is 11.5 Å². The van der Waals surface area contributed by atoms with Crippen molar-refractivity contribution in [2.45, 2.75) is 38.6 Å². The van der Waals surface area contributed by atoms with Crippen molar-refractivity contribution < 1.29 is 22.7 Å². The van der Waals surface area contributed by atoms with Gasteiger partial charge >= 0.3 is 0 Å². The minimum absolute atomic E-state index is 0.109. The van der Waals surface area contributed by atoms with Crippen molar-refractivity contribution in [1.82, 2.24) is 9.62 Å². The molecule has 164 valence electrons. The van der Waals surface area contributed by atoms with Crippen molar-refractivity contribution in [3.63, 3.8) is 0 Å². The molecule has 0 unspecified atom stereocenters. The lowest BCUT2D eigenvalue weighted by atomic mass is 10.1. The summed E-state index contributed by atoms with van der Waals surface area (Å²) >= 11 is 0. The number of hydrogen-bond acceptors (Lipinski definition) is 5. The molecule has 7 nitrogen and oxygen atoms in total. The monoisotopic (exact) mass is 434 g/mol. The van der Waals surface area contributed by atoms with Gasteiger partial charge in [-0.1, -0.05) is 32.9 Å². The fraction of sp³-hybridized carbons (Fsp3) is 0.409. The molecule has 8 heteroatoms. The number of nitrogens with zero attached hydrogens (tertiary/aromatic N) is 1. The summed E-state index contributed by atoms with van der Waals surface area (Å²) in [4.78, 5) is 12.7. The average molecular weight is 435 g/mol. The van der Waals surface area contributed by atoms with E-state index < -0.39 is 10.0 Å². The Balaban J connectivity index is 2.12. The summed E-state index contributed by atoms with van der Waals surface area (Å²) in [5, 5.41) is 2.82. The minimum Gasteiger partial charge on any atom is -0.493 e. The van der Waals surface area contributed by atoms with Crippen LogP contribution in [0.1, 0.15) is 43.1 Å². The zero-order valence-electron chi connectivity index (χ0n) is 18.0. The van der Waals surface area contributed by atoms with Crippen LogP contribution in [0.25, 0.3) is 0 Å². The molecule has 0 saturated heterocycles. The van der Waals surface area contributed by atoms with Crippen LogP contribution in [0.2, 0.25) is 0 Å². The van der Waals surface area contributed by atoms with E-state index in [1.807, 2.05) is 25.1 Å². The van der Waals surface area contributed by atoms with E-state index in [9.17, 15) is 13.2 Å². The van der Waals surface area contributed by atoms with E-state index in [4.69, 9.17) is 9.47 Å². The van der Waals surface area contributed by atoms with Gasteiger partial charge in [-0.3, -0.25) is 4.79 Å². The number of rotatable bonds is 11. The highest BCUT2D eigenvalue weighted by Gasteiger charge is 2.22. The van der Waals surface area contributed by atoms with Crippen LogP contribution in [0.5, 0.6) is 11.5 Å². The summed E-state index contributed by atoms with van der Waals surface area (Å²) in [6.45, 7) is 7.20. The number of amides is 1. The highest BCUT2D eigenvalue weighted by Crippen LogP contribution is 2.28. The molecule has 0 bridgehead atoms. The number of ether oxygens (including phenoxy) is 2. The van der Waals surface area contributed by atoms with Crippen molar-refractivity contribution >= 4 is 15.9 Å². The van der Waals surface area contributed by atoms with Crippen LogP contribution >= 0.6 is 0 Å². The van der Waals surface area contributed by atoms with E-state index >= 15 is 0 Å². The van der Waals surface area contributed by atoms with Gasteiger partial charge in [-0.2, -0.15) is 4.31 Å². The lowest BCUT2D eigenvalue weighted by Gasteiger charge is -2.18. The molecular weight excluding hydrogens is 404 g/mol. The van der Waals surface area contributed by atoms with Gasteiger partial charge in [0, 0.05) is 25.2 Å². The van der Waals surface area contributed by atoms with Gasteiger partial charge < -0.3 is 14.8 Å². The maximum Gasteiger partial charge on any atom is 0.251 e. The second-order valence-corrected chi connectivity index (χ2v) is 8.57. The third kappa shape index (κ3) is 5.73. The summed E-state index contributed by atoms with van der Waals surface area (Å²) in [6, 6.07) is 11.6. The number of carbonyl (C=O) groups is 1. The van der Waals surface area contributed by atoms with Crippen molar-refractivity contribution in [3.05, 3.63) is 53.6 Å². The zero-order valence-corrected chi connectivity index (χ0v) is 18.8. The Morgan fingerprint density at radius 2 is 1.77 bits per heavy atom. The predicted molar refractivity (Wildman–Crippen MR) is 116 cm³/mol. The summed E-state index contributed by atoms with van der Waals surface area (Å²) in [7, 11) is -2.06. The first-order valence-corrected chi connectivity index (χ1v) is 11.5. The van der Waals surface area contributed by atoms with Gasteiger partial charge in [0.05, 0.1) is 18.6 Å². The van der Waals surface area contributed by atoms with Gasteiger partial charge in [0.1, 0.15) is 0 Å². The Bertz CT molecular complexity index is 956. The van der Waals surface area contributed by atoms with E-state index in [0.29, 0.717) is 31.2 Å². The maximum atomic E-state index is 12.7. The first-order chi connectivity index (χ1) is 14.4. The molecule has 0 spiro atoms. The molecule has 0 saturated carbocycles. The highest BCUT2D eigenvalue weighted by atomic mass is 32.2. The molecule has 0 fully saturated rings. The Morgan fingerprint density at radius 1 is 1.03 bits per heavy atom. The van der Waals surface area contributed by atoms with Gasteiger partial charge in [0.2, 0.25) is 10.0 Å². The van der Waals surface area contributed by atoms with Crippen LogP contribution in [0.15, 0.2) is 47.4 Å². The van der Waals surface area contributed by atoms with Gasteiger partial charge in [-0.05, 0) is 42.3 Å². The van der Waals surface area contributed by atoms with Crippen LogP contribution in [-0.4, -0.2) is 45.4 Å². The Kier molecular flexibility index (Phi) is 8.68. The normalized spacial score (nSPS) is 11.4. The smallest absolute Gasteiger partial charge is 0.251 e.